The van der Waals surface area contributed by atoms with Gasteiger partial charge in [0.2, 0.25) is 0 Å². The third-order valence-corrected chi connectivity index (χ3v) is 3.48. The number of aldehydes is 1. The highest BCUT2D eigenvalue weighted by molar-refractivity contribution is 7.80. The Balaban J connectivity index is 2.59. The maximum absolute atomic E-state index is 11.3. The van der Waals surface area contributed by atoms with Gasteiger partial charge in [0.15, 0.2) is 6.29 Å². The standard InChI is InChI=1S/C17H16OS/c1-3-4-14-10-17(15(11-18)9-12(14)2)13-5-7-16(19)8-6-13/h3,5-11,19H,1,4H2,2H3. The summed E-state index contributed by atoms with van der Waals surface area (Å²) in [5.41, 5.74) is 5.04. The summed E-state index contributed by atoms with van der Waals surface area (Å²) in [6.07, 6.45) is 3.60. The maximum atomic E-state index is 11.3. The van der Waals surface area contributed by atoms with Crippen LogP contribution >= 0.6 is 12.6 Å². The maximum Gasteiger partial charge on any atom is 0.150 e. The lowest BCUT2D eigenvalue weighted by Crippen LogP contribution is -1.95. The van der Waals surface area contributed by atoms with Crippen LogP contribution in [0.3, 0.4) is 0 Å². The zero-order chi connectivity index (χ0) is 13.8. The highest BCUT2D eigenvalue weighted by Gasteiger charge is 2.08. The Morgan fingerprint density at radius 1 is 1.21 bits per heavy atom. The molecule has 1 nitrogen and oxygen atoms in total. The van der Waals surface area contributed by atoms with Crippen LogP contribution in [0.2, 0.25) is 0 Å². The Labute approximate surface area is 119 Å². The van der Waals surface area contributed by atoms with Crippen LogP contribution in [0.1, 0.15) is 21.5 Å². The third-order valence-electron chi connectivity index (χ3n) is 3.18. The first-order valence-corrected chi connectivity index (χ1v) is 6.59. The number of aryl methyl sites for hydroxylation is 1. The summed E-state index contributed by atoms with van der Waals surface area (Å²) in [6, 6.07) is 11.8. The zero-order valence-electron chi connectivity index (χ0n) is 10.9. The van der Waals surface area contributed by atoms with Crippen molar-refractivity contribution in [1.82, 2.24) is 0 Å². The molecular formula is C17H16OS. The van der Waals surface area contributed by atoms with Gasteiger partial charge in [-0.2, -0.15) is 0 Å². The van der Waals surface area contributed by atoms with Gasteiger partial charge in [-0.1, -0.05) is 18.2 Å². The summed E-state index contributed by atoms with van der Waals surface area (Å²) in [5, 5.41) is 0. The number of carbonyl (C=O) groups is 1. The predicted octanol–water partition coefficient (Wildman–Crippen LogP) is 4.49. The van der Waals surface area contributed by atoms with E-state index in [1.165, 1.54) is 5.56 Å². The van der Waals surface area contributed by atoms with E-state index >= 15 is 0 Å². The fraction of sp³-hybridized carbons (Fsp3) is 0.118. The van der Waals surface area contributed by atoms with E-state index in [-0.39, 0.29) is 0 Å². The van der Waals surface area contributed by atoms with Crippen LogP contribution in [0.4, 0.5) is 0 Å². The van der Waals surface area contributed by atoms with Crippen LogP contribution in [0.25, 0.3) is 11.1 Å². The molecule has 0 radical (unpaired) electrons. The summed E-state index contributed by atoms with van der Waals surface area (Å²) in [7, 11) is 0. The average Bonchev–Trinajstić information content (AvgIpc) is 2.42. The molecule has 96 valence electrons. The summed E-state index contributed by atoms with van der Waals surface area (Å²) in [4.78, 5) is 12.2. The fourth-order valence-electron chi connectivity index (χ4n) is 2.14. The molecule has 0 heterocycles. The van der Waals surface area contributed by atoms with Crippen molar-refractivity contribution >= 4 is 18.9 Å². The van der Waals surface area contributed by atoms with Crippen molar-refractivity contribution in [2.24, 2.45) is 0 Å². The van der Waals surface area contributed by atoms with Gasteiger partial charge in [0, 0.05) is 10.5 Å². The Kier molecular flexibility index (Phi) is 4.23. The molecule has 0 saturated heterocycles. The molecule has 0 unspecified atom stereocenters. The summed E-state index contributed by atoms with van der Waals surface area (Å²) in [6.45, 7) is 5.79. The first kappa shape index (κ1) is 13.6. The average molecular weight is 268 g/mol. The van der Waals surface area contributed by atoms with E-state index in [1.54, 1.807) is 0 Å². The lowest BCUT2D eigenvalue weighted by Gasteiger charge is -2.11. The van der Waals surface area contributed by atoms with Gasteiger partial charge < -0.3 is 0 Å². The quantitative estimate of drug-likeness (QED) is 0.491. The number of thiol groups is 1. The molecule has 0 N–H and O–H groups in total. The van der Waals surface area contributed by atoms with Crippen molar-refractivity contribution in [3.63, 3.8) is 0 Å². The van der Waals surface area contributed by atoms with Gasteiger partial charge in [-0.05, 0) is 59.9 Å². The van der Waals surface area contributed by atoms with Gasteiger partial charge in [0.05, 0.1) is 0 Å². The predicted molar refractivity (Wildman–Crippen MR) is 83.2 cm³/mol. The van der Waals surface area contributed by atoms with Crippen LogP contribution < -0.4 is 0 Å². The molecule has 0 saturated carbocycles. The number of carbonyl (C=O) groups excluding carboxylic acids is 1. The van der Waals surface area contributed by atoms with E-state index in [0.717, 1.165) is 39.9 Å². The Morgan fingerprint density at radius 3 is 2.47 bits per heavy atom. The Hall–Kier alpha value is -1.80. The van der Waals surface area contributed by atoms with Crippen molar-refractivity contribution in [3.05, 3.63) is 65.7 Å². The second-order valence-corrected chi connectivity index (χ2v) is 5.04. The molecule has 2 aromatic rings. The fourth-order valence-corrected chi connectivity index (χ4v) is 2.29. The SMILES string of the molecule is C=CCc1cc(-c2ccc(S)cc2)c(C=O)cc1C. The molecule has 0 aliphatic rings. The van der Waals surface area contributed by atoms with Crippen molar-refractivity contribution in [2.45, 2.75) is 18.2 Å². The molecule has 2 rings (SSSR count). The molecule has 0 aliphatic heterocycles. The third kappa shape index (κ3) is 2.96. The van der Waals surface area contributed by atoms with Crippen LogP contribution in [0.5, 0.6) is 0 Å². The smallest absolute Gasteiger partial charge is 0.150 e. The number of allylic oxidation sites excluding steroid dienone is 1. The van der Waals surface area contributed by atoms with Gasteiger partial charge in [-0.25, -0.2) is 0 Å². The molecule has 0 bridgehead atoms. The molecule has 2 aromatic carbocycles. The minimum Gasteiger partial charge on any atom is -0.298 e. The van der Waals surface area contributed by atoms with E-state index in [9.17, 15) is 4.79 Å². The van der Waals surface area contributed by atoms with Crippen molar-refractivity contribution in [3.8, 4) is 11.1 Å². The molecule has 0 fully saturated rings. The van der Waals surface area contributed by atoms with Crippen LogP contribution in [-0.4, -0.2) is 6.29 Å². The Morgan fingerprint density at radius 2 is 1.89 bits per heavy atom. The molecule has 2 heteroatoms. The van der Waals surface area contributed by atoms with Crippen molar-refractivity contribution in [2.75, 3.05) is 0 Å². The minimum absolute atomic E-state index is 0.720. The van der Waals surface area contributed by atoms with Crippen molar-refractivity contribution in [1.29, 1.82) is 0 Å². The van der Waals surface area contributed by atoms with Gasteiger partial charge >= 0.3 is 0 Å². The van der Waals surface area contributed by atoms with E-state index in [2.05, 4.69) is 25.3 Å². The van der Waals surface area contributed by atoms with Gasteiger partial charge in [-0.3, -0.25) is 4.79 Å². The second-order valence-electron chi connectivity index (χ2n) is 4.52. The molecule has 19 heavy (non-hydrogen) atoms. The first-order chi connectivity index (χ1) is 9.15. The lowest BCUT2D eigenvalue weighted by molar-refractivity contribution is 0.112. The zero-order valence-corrected chi connectivity index (χ0v) is 11.8. The number of rotatable bonds is 4. The first-order valence-electron chi connectivity index (χ1n) is 6.14. The second kappa shape index (κ2) is 5.89. The largest absolute Gasteiger partial charge is 0.298 e. The summed E-state index contributed by atoms with van der Waals surface area (Å²) in [5.74, 6) is 0. The van der Waals surface area contributed by atoms with E-state index in [1.807, 2.05) is 43.3 Å². The van der Waals surface area contributed by atoms with Gasteiger partial charge in [-0.15, -0.1) is 19.2 Å². The Bertz CT molecular complexity index is 612. The van der Waals surface area contributed by atoms with Crippen molar-refractivity contribution < 1.29 is 4.79 Å². The highest BCUT2D eigenvalue weighted by atomic mass is 32.1. The van der Waals surface area contributed by atoms with E-state index in [0.29, 0.717) is 0 Å². The normalized spacial score (nSPS) is 10.2. The number of hydrogen-bond donors (Lipinski definition) is 1. The summed E-state index contributed by atoms with van der Waals surface area (Å²) < 4.78 is 0. The van der Waals surface area contributed by atoms with Gasteiger partial charge in [0.25, 0.3) is 0 Å². The van der Waals surface area contributed by atoms with E-state index in [4.69, 9.17) is 0 Å². The van der Waals surface area contributed by atoms with Crippen LogP contribution in [0.15, 0.2) is 53.9 Å². The molecular weight excluding hydrogens is 252 g/mol. The van der Waals surface area contributed by atoms with Crippen LogP contribution in [-0.2, 0) is 6.42 Å². The molecule has 0 atom stereocenters. The summed E-state index contributed by atoms with van der Waals surface area (Å²) >= 11 is 4.28. The molecule has 0 spiro atoms. The molecule has 0 amide bonds. The number of hydrogen-bond acceptors (Lipinski definition) is 2. The van der Waals surface area contributed by atoms with E-state index < -0.39 is 0 Å². The number of benzene rings is 2. The van der Waals surface area contributed by atoms with Crippen LogP contribution in [0, 0.1) is 6.92 Å². The monoisotopic (exact) mass is 268 g/mol. The lowest BCUT2D eigenvalue weighted by atomic mass is 9.93. The van der Waals surface area contributed by atoms with Gasteiger partial charge in [0.1, 0.15) is 0 Å². The highest BCUT2D eigenvalue weighted by Crippen LogP contribution is 2.27. The minimum atomic E-state index is 0.720. The molecule has 0 aromatic heterocycles. The molecule has 0 aliphatic carbocycles. The topological polar surface area (TPSA) is 17.1 Å².